The summed E-state index contributed by atoms with van der Waals surface area (Å²) < 4.78 is 22.0. The van der Waals surface area contributed by atoms with Crippen molar-refractivity contribution in [1.82, 2.24) is 15.2 Å². The number of nitrogens with zero attached hydrogens (tertiary/aromatic N) is 3. The van der Waals surface area contributed by atoms with Crippen molar-refractivity contribution < 1.29 is 33.3 Å². The first-order valence-electron chi connectivity index (χ1n) is 14.0. The Morgan fingerprint density at radius 3 is 2.57 bits per heavy atom. The SMILES string of the molecule is CCOC(=O)C1=C(CN2CC(C)(C)OCC2C(=O)OCOC(=O)C(C)(C)C)NC(c2nccs2)=NC1c1ccc(Cl)cc1Cl. The van der Waals surface area contributed by atoms with Gasteiger partial charge in [-0.25, -0.2) is 9.78 Å². The molecule has 0 bridgehead atoms. The first-order valence-corrected chi connectivity index (χ1v) is 15.7. The number of hydrogen-bond donors (Lipinski definition) is 1. The predicted octanol–water partition coefficient (Wildman–Crippen LogP) is 4.93. The second-order valence-electron chi connectivity index (χ2n) is 11.9. The van der Waals surface area contributed by atoms with Crippen molar-refractivity contribution in [3.8, 4) is 0 Å². The highest BCUT2D eigenvalue weighted by Crippen LogP contribution is 2.38. The smallest absolute Gasteiger partial charge is 0.338 e. The molecule has 0 saturated carbocycles. The molecule has 1 aromatic carbocycles. The van der Waals surface area contributed by atoms with Crippen molar-refractivity contribution >= 4 is 58.3 Å². The number of rotatable bonds is 9. The molecule has 2 unspecified atom stereocenters. The fraction of sp³-hybridized carbons (Fsp3) is 0.500. The summed E-state index contributed by atoms with van der Waals surface area (Å²) in [6.07, 6.45) is 1.65. The number of esters is 3. The molecule has 1 N–H and O–H groups in total. The van der Waals surface area contributed by atoms with Gasteiger partial charge in [0.15, 0.2) is 10.8 Å². The molecule has 1 fully saturated rings. The Bertz CT molecular complexity index is 1450. The molecule has 2 aliphatic rings. The number of nitrogens with one attached hydrogen (secondary N) is 1. The van der Waals surface area contributed by atoms with Gasteiger partial charge in [0.1, 0.15) is 12.1 Å². The third-order valence-corrected chi connectivity index (χ3v) is 8.15. The van der Waals surface area contributed by atoms with E-state index in [1.54, 1.807) is 52.1 Å². The minimum atomic E-state index is -0.867. The monoisotopic (exact) mass is 666 g/mol. The van der Waals surface area contributed by atoms with Crippen LogP contribution in [0.25, 0.3) is 0 Å². The first kappa shape index (κ1) is 33.9. The zero-order valence-corrected chi connectivity index (χ0v) is 27.8. The number of hydrogen-bond acceptors (Lipinski definition) is 12. The lowest BCUT2D eigenvalue weighted by Gasteiger charge is -2.43. The molecular weight excluding hydrogens is 631 g/mol. The van der Waals surface area contributed by atoms with Crippen LogP contribution in [0.15, 0.2) is 46.0 Å². The molecule has 1 saturated heterocycles. The molecular formula is C30H36Cl2N4O7S. The Morgan fingerprint density at radius 1 is 1.18 bits per heavy atom. The topological polar surface area (TPSA) is 129 Å². The molecule has 2 aromatic rings. The maximum absolute atomic E-state index is 13.6. The van der Waals surface area contributed by atoms with E-state index in [9.17, 15) is 14.4 Å². The predicted molar refractivity (Wildman–Crippen MR) is 167 cm³/mol. The van der Waals surface area contributed by atoms with Crippen molar-refractivity contribution in [3.63, 3.8) is 0 Å². The van der Waals surface area contributed by atoms with Gasteiger partial charge >= 0.3 is 17.9 Å². The van der Waals surface area contributed by atoms with Gasteiger partial charge in [-0.05, 0) is 53.7 Å². The van der Waals surface area contributed by atoms with Crippen LogP contribution in [0.4, 0.5) is 0 Å². The van der Waals surface area contributed by atoms with Gasteiger partial charge in [0, 0.05) is 46.0 Å². The number of aromatic nitrogens is 1. The maximum Gasteiger partial charge on any atom is 0.338 e. The van der Waals surface area contributed by atoms with Gasteiger partial charge in [-0.1, -0.05) is 29.3 Å². The zero-order chi connectivity index (χ0) is 32.2. The van der Waals surface area contributed by atoms with Crippen LogP contribution in [-0.2, 0) is 33.3 Å². The molecule has 238 valence electrons. The van der Waals surface area contributed by atoms with Crippen molar-refractivity contribution in [2.45, 2.75) is 59.2 Å². The lowest BCUT2D eigenvalue weighted by molar-refractivity contribution is -0.184. The normalized spacial score (nSPS) is 20.4. The van der Waals surface area contributed by atoms with Crippen LogP contribution < -0.4 is 5.32 Å². The number of amidine groups is 1. The van der Waals surface area contributed by atoms with E-state index >= 15 is 0 Å². The van der Waals surface area contributed by atoms with Gasteiger partial charge in [0.25, 0.3) is 0 Å². The summed E-state index contributed by atoms with van der Waals surface area (Å²) >= 11 is 14.2. The minimum Gasteiger partial charge on any atom is -0.463 e. The highest BCUT2D eigenvalue weighted by Gasteiger charge is 2.41. The summed E-state index contributed by atoms with van der Waals surface area (Å²) in [6, 6.07) is 3.26. The standard InChI is InChI=1S/C30H36Cl2N4O7S/c1-7-40-27(38)22-20(34-24(25-33-10-11-44-25)35-23(22)18-9-8-17(31)12-19(18)32)13-36-15-30(5,6)43-14-21(36)26(37)41-16-42-28(39)29(2,3)4/h8-12,21,23H,7,13-16H2,1-6H3,(H,34,35). The van der Waals surface area contributed by atoms with Crippen LogP contribution in [0, 0.1) is 5.41 Å². The molecule has 2 atom stereocenters. The van der Waals surface area contributed by atoms with Gasteiger partial charge in [-0.3, -0.25) is 19.5 Å². The van der Waals surface area contributed by atoms with Crippen molar-refractivity contribution in [2.24, 2.45) is 10.4 Å². The number of thiazole rings is 1. The number of aliphatic imine (C=N–C) groups is 1. The molecule has 4 rings (SSSR count). The van der Waals surface area contributed by atoms with Crippen molar-refractivity contribution in [3.05, 3.63) is 61.7 Å². The van der Waals surface area contributed by atoms with E-state index in [0.717, 1.165) is 0 Å². The molecule has 1 aromatic heterocycles. The molecule has 0 radical (unpaired) electrons. The summed E-state index contributed by atoms with van der Waals surface area (Å²) in [5.41, 5.74) is -0.147. The van der Waals surface area contributed by atoms with Crippen molar-refractivity contribution in [1.29, 1.82) is 0 Å². The Hall–Kier alpha value is -3.03. The van der Waals surface area contributed by atoms with Crippen LogP contribution in [0.1, 0.15) is 58.2 Å². The number of halogens is 2. The number of ether oxygens (including phenoxy) is 4. The van der Waals surface area contributed by atoms with E-state index in [1.807, 2.05) is 24.1 Å². The molecule has 0 aliphatic carbocycles. The highest BCUT2D eigenvalue weighted by atomic mass is 35.5. The zero-order valence-electron chi connectivity index (χ0n) is 25.4. The van der Waals surface area contributed by atoms with Crippen LogP contribution in [-0.4, -0.2) is 78.4 Å². The first-order chi connectivity index (χ1) is 20.7. The quantitative estimate of drug-likeness (QED) is 0.291. The third kappa shape index (κ3) is 8.16. The van der Waals surface area contributed by atoms with Gasteiger partial charge in [0.05, 0.1) is 29.8 Å². The molecule has 2 aliphatic heterocycles. The Balaban J connectivity index is 1.72. The van der Waals surface area contributed by atoms with Crippen LogP contribution >= 0.6 is 34.5 Å². The number of carbonyl (C=O) groups excluding carboxylic acids is 3. The minimum absolute atomic E-state index is 0.0148. The highest BCUT2D eigenvalue weighted by molar-refractivity contribution is 7.11. The maximum atomic E-state index is 13.6. The molecule has 0 spiro atoms. The van der Waals surface area contributed by atoms with E-state index in [2.05, 4.69) is 10.3 Å². The average Bonchev–Trinajstić information content (AvgIpc) is 3.47. The van der Waals surface area contributed by atoms with Crippen LogP contribution in [0.5, 0.6) is 0 Å². The summed E-state index contributed by atoms with van der Waals surface area (Å²) in [4.78, 5) is 50.2. The van der Waals surface area contributed by atoms with Crippen LogP contribution in [0.3, 0.4) is 0 Å². The fourth-order valence-electron chi connectivity index (χ4n) is 4.66. The van der Waals surface area contributed by atoms with E-state index < -0.39 is 47.8 Å². The molecule has 14 heteroatoms. The Labute approximate surface area is 270 Å². The summed E-state index contributed by atoms with van der Waals surface area (Å²) in [5.74, 6) is -1.30. The lowest BCUT2D eigenvalue weighted by Crippen LogP contribution is -2.58. The van der Waals surface area contributed by atoms with Gasteiger partial charge in [0.2, 0.25) is 6.79 Å². The van der Waals surface area contributed by atoms with E-state index in [4.69, 9.17) is 47.1 Å². The summed E-state index contributed by atoms with van der Waals surface area (Å²) in [7, 11) is 0. The number of carbonyl (C=O) groups is 3. The van der Waals surface area contributed by atoms with Crippen LogP contribution in [0.2, 0.25) is 10.0 Å². The molecule has 3 heterocycles. The lowest BCUT2D eigenvalue weighted by atomic mass is 9.94. The van der Waals surface area contributed by atoms with E-state index in [-0.39, 0.29) is 25.3 Å². The van der Waals surface area contributed by atoms with Gasteiger partial charge in [-0.2, -0.15) is 0 Å². The fourth-order valence-corrected chi connectivity index (χ4v) is 5.76. The van der Waals surface area contributed by atoms with E-state index in [0.29, 0.717) is 38.7 Å². The Kier molecular flexibility index (Phi) is 10.7. The molecule has 44 heavy (non-hydrogen) atoms. The van der Waals surface area contributed by atoms with E-state index in [1.165, 1.54) is 11.3 Å². The Morgan fingerprint density at radius 2 is 1.93 bits per heavy atom. The third-order valence-electron chi connectivity index (χ3n) is 6.81. The van der Waals surface area contributed by atoms with Gasteiger partial charge < -0.3 is 24.3 Å². The largest absolute Gasteiger partial charge is 0.463 e. The molecule has 11 nitrogen and oxygen atoms in total. The summed E-state index contributed by atoms with van der Waals surface area (Å²) in [5, 5.41) is 6.46. The van der Waals surface area contributed by atoms with Gasteiger partial charge in [-0.15, -0.1) is 11.3 Å². The second-order valence-corrected chi connectivity index (χ2v) is 13.6. The van der Waals surface area contributed by atoms with Crippen molar-refractivity contribution in [2.75, 3.05) is 33.1 Å². The number of benzene rings is 1. The molecule has 0 amide bonds. The number of morpholine rings is 1. The second kappa shape index (κ2) is 13.9. The summed E-state index contributed by atoms with van der Waals surface area (Å²) in [6.45, 7) is 10.7. The average molecular weight is 668 g/mol.